The summed E-state index contributed by atoms with van der Waals surface area (Å²) in [7, 11) is 0. The number of halogens is 2. The van der Waals surface area contributed by atoms with Crippen LogP contribution in [0.15, 0.2) is 99.9 Å². The molecule has 4 aromatic rings. The number of rotatable bonds is 12. The van der Waals surface area contributed by atoms with Crippen molar-refractivity contribution in [2.45, 2.75) is 63.7 Å². The molecule has 0 amide bonds. The highest BCUT2D eigenvalue weighted by atomic mass is 79.9. The van der Waals surface area contributed by atoms with E-state index in [0.29, 0.717) is 0 Å². The molecule has 1 aliphatic rings. The van der Waals surface area contributed by atoms with Crippen molar-refractivity contribution < 1.29 is 4.74 Å². The van der Waals surface area contributed by atoms with Crippen LogP contribution in [0.1, 0.15) is 80.5 Å². The van der Waals surface area contributed by atoms with Crippen molar-refractivity contribution in [1.29, 1.82) is 0 Å². The predicted molar refractivity (Wildman–Crippen MR) is 167 cm³/mol. The van der Waals surface area contributed by atoms with Gasteiger partial charge in [-0.25, -0.2) is 0 Å². The molecule has 0 N–H and O–H groups in total. The maximum absolute atomic E-state index is 6.17. The van der Waals surface area contributed by atoms with Gasteiger partial charge in [0.2, 0.25) is 0 Å². The van der Waals surface area contributed by atoms with Crippen molar-refractivity contribution >= 4 is 31.9 Å². The molecule has 1 nitrogen and oxygen atoms in total. The summed E-state index contributed by atoms with van der Waals surface area (Å²) in [6.45, 7) is 3.05. The highest BCUT2D eigenvalue weighted by Gasteiger charge is 2.46. The fourth-order valence-electron chi connectivity index (χ4n) is 5.97. The van der Waals surface area contributed by atoms with E-state index < -0.39 is 5.41 Å². The summed E-state index contributed by atoms with van der Waals surface area (Å²) in [5.41, 5.74) is 7.29. The highest BCUT2D eigenvalue weighted by Crippen LogP contribution is 2.57. The van der Waals surface area contributed by atoms with E-state index in [2.05, 4.69) is 130 Å². The summed E-state index contributed by atoms with van der Waals surface area (Å²) >= 11 is 7.53. The van der Waals surface area contributed by atoms with Crippen LogP contribution in [-0.2, 0) is 5.41 Å². The molecule has 0 saturated carbocycles. The average Bonchev–Trinajstić information content (AvgIpc) is 3.22. The Labute approximate surface area is 244 Å². The third-order valence-electron chi connectivity index (χ3n) is 7.82. The second kappa shape index (κ2) is 12.7. The lowest BCUT2D eigenvalue weighted by Crippen LogP contribution is -2.28. The normalized spacial score (nSPS) is 13.2. The summed E-state index contributed by atoms with van der Waals surface area (Å²) in [6, 6.07) is 33.1. The van der Waals surface area contributed by atoms with Crippen LogP contribution in [-0.4, -0.2) is 6.61 Å². The third kappa shape index (κ3) is 5.51. The first-order valence-electron chi connectivity index (χ1n) is 14.0. The van der Waals surface area contributed by atoms with Crippen molar-refractivity contribution in [1.82, 2.24) is 0 Å². The number of benzene rings is 4. The molecule has 0 fully saturated rings. The van der Waals surface area contributed by atoms with E-state index in [-0.39, 0.29) is 0 Å². The van der Waals surface area contributed by atoms with Gasteiger partial charge in [0.1, 0.15) is 5.75 Å². The van der Waals surface area contributed by atoms with Crippen LogP contribution in [0, 0.1) is 0 Å². The molecule has 0 radical (unpaired) electrons. The van der Waals surface area contributed by atoms with Crippen molar-refractivity contribution in [3.63, 3.8) is 0 Å². The smallest absolute Gasteiger partial charge is 0.119 e. The van der Waals surface area contributed by atoms with Gasteiger partial charge in [0.15, 0.2) is 0 Å². The van der Waals surface area contributed by atoms with Gasteiger partial charge in [0.25, 0.3) is 0 Å². The molecule has 0 heterocycles. The Hall–Kier alpha value is -2.36. The van der Waals surface area contributed by atoms with Gasteiger partial charge in [-0.3, -0.25) is 0 Å². The van der Waals surface area contributed by atoms with Crippen LogP contribution >= 0.6 is 31.9 Å². The lowest BCUT2D eigenvalue weighted by atomic mass is 9.68. The first kappa shape index (κ1) is 27.2. The minimum Gasteiger partial charge on any atom is -0.494 e. The Morgan fingerprint density at radius 1 is 0.579 bits per heavy atom. The molecule has 0 spiro atoms. The lowest BCUT2D eigenvalue weighted by Gasteiger charge is -2.34. The van der Waals surface area contributed by atoms with Crippen LogP contribution in [0.4, 0.5) is 0 Å². The van der Waals surface area contributed by atoms with Gasteiger partial charge in [0.05, 0.1) is 12.0 Å². The topological polar surface area (TPSA) is 9.23 Å². The van der Waals surface area contributed by atoms with Crippen LogP contribution in [0.2, 0.25) is 0 Å². The van der Waals surface area contributed by atoms with Gasteiger partial charge < -0.3 is 4.74 Å². The number of hydrogen-bond donors (Lipinski definition) is 0. The summed E-state index contributed by atoms with van der Waals surface area (Å²) in [5, 5.41) is 0. The second-order valence-corrected chi connectivity index (χ2v) is 12.2. The van der Waals surface area contributed by atoms with Gasteiger partial charge in [-0.2, -0.15) is 0 Å². The van der Waals surface area contributed by atoms with E-state index in [1.807, 2.05) is 0 Å². The molecule has 1 aliphatic carbocycles. The Bertz CT molecular complexity index is 1290. The standard InChI is InChI=1S/C35H36Br2O/c1-2-3-4-5-6-7-8-12-23-38-30-19-15-27(16-20-30)35(26-13-10-9-11-14-26)33-24-28(36)17-21-31(33)32-22-18-29(37)25-34(32)35/h9-11,13-22,24-25H,2-8,12,23H2,1H3. The monoisotopic (exact) mass is 630 g/mol. The zero-order valence-corrected chi connectivity index (χ0v) is 25.4. The maximum atomic E-state index is 6.17. The van der Waals surface area contributed by atoms with E-state index in [0.717, 1.165) is 27.7 Å². The maximum Gasteiger partial charge on any atom is 0.119 e. The molecule has 0 bridgehead atoms. The number of ether oxygens (including phenoxy) is 1. The van der Waals surface area contributed by atoms with Gasteiger partial charge in [-0.1, -0.05) is 138 Å². The number of hydrogen-bond acceptors (Lipinski definition) is 1. The molecule has 0 aliphatic heterocycles. The van der Waals surface area contributed by atoms with Gasteiger partial charge in [-0.05, 0) is 76.2 Å². The fraction of sp³-hybridized carbons (Fsp3) is 0.314. The van der Waals surface area contributed by atoms with Crippen molar-refractivity contribution in [3.05, 3.63) is 122 Å². The number of fused-ring (bicyclic) bond motifs is 3. The molecule has 5 rings (SSSR count). The molecule has 0 aromatic heterocycles. The van der Waals surface area contributed by atoms with Crippen LogP contribution in [0.5, 0.6) is 5.75 Å². The first-order valence-corrected chi connectivity index (χ1v) is 15.6. The van der Waals surface area contributed by atoms with Crippen molar-refractivity contribution in [2.75, 3.05) is 6.61 Å². The van der Waals surface area contributed by atoms with E-state index in [1.165, 1.54) is 78.3 Å². The number of unbranched alkanes of at least 4 members (excludes halogenated alkanes) is 7. The average molecular weight is 632 g/mol. The third-order valence-corrected chi connectivity index (χ3v) is 8.81. The molecule has 3 heteroatoms. The molecule has 38 heavy (non-hydrogen) atoms. The predicted octanol–water partition coefficient (Wildman–Crippen LogP) is 11.1. The zero-order chi connectivity index (χ0) is 26.4. The zero-order valence-electron chi connectivity index (χ0n) is 22.2. The van der Waals surface area contributed by atoms with Gasteiger partial charge in [0, 0.05) is 8.95 Å². The Balaban J connectivity index is 1.42. The molecule has 196 valence electrons. The summed E-state index contributed by atoms with van der Waals surface area (Å²) < 4.78 is 8.35. The Kier molecular flexibility index (Phi) is 9.07. The quantitative estimate of drug-likeness (QED) is 0.124. The van der Waals surface area contributed by atoms with E-state index >= 15 is 0 Å². The summed E-state index contributed by atoms with van der Waals surface area (Å²) in [4.78, 5) is 0. The van der Waals surface area contributed by atoms with Gasteiger partial charge in [-0.15, -0.1) is 0 Å². The van der Waals surface area contributed by atoms with E-state index in [4.69, 9.17) is 4.74 Å². The second-order valence-electron chi connectivity index (χ2n) is 10.3. The SMILES string of the molecule is CCCCCCCCCCOc1ccc(C2(c3ccccc3)c3cc(Br)ccc3-c3ccc(Br)cc32)cc1. The summed E-state index contributed by atoms with van der Waals surface area (Å²) in [6.07, 6.45) is 10.5. The van der Waals surface area contributed by atoms with E-state index in [1.54, 1.807) is 0 Å². The van der Waals surface area contributed by atoms with Crippen LogP contribution in [0.25, 0.3) is 11.1 Å². The van der Waals surface area contributed by atoms with Crippen LogP contribution < -0.4 is 4.74 Å². The minimum atomic E-state index is -0.407. The van der Waals surface area contributed by atoms with Crippen molar-refractivity contribution in [3.8, 4) is 16.9 Å². The van der Waals surface area contributed by atoms with E-state index in [9.17, 15) is 0 Å². The fourth-order valence-corrected chi connectivity index (χ4v) is 6.69. The molecular formula is C35H36Br2O. The highest BCUT2D eigenvalue weighted by molar-refractivity contribution is 9.10. The molecular weight excluding hydrogens is 596 g/mol. The lowest BCUT2D eigenvalue weighted by molar-refractivity contribution is 0.304. The Morgan fingerprint density at radius 2 is 1.11 bits per heavy atom. The molecule has 0 saturated heterocycles. The van der Waals surface area contributed by atoms with Gasteiger partial charge >= 0.3 is 0 Å². The Morgan fingerprint density at radius 3 is 1.68 bits per heavy atom. The summed E-state index contributed by atoms with van der Waals surface area (Å²) in [5.74, 6) is 0.946. The first-order chi connectivity index (χ1) is 18.6. The molecule has 0 atom stereocenters. The van der Waals surface area contributed by atoms with Crippen LogP contribution in [0.3, 0.4) is 0 Å². The largest absolute Gasteiger partial charge is 0.494 e. The minimum absolute atomic E-state index is 0.407. The van der Waals surface area contributed by atoms with Crippen molar-refractivity contribution in [2.24, 2.45) is 0 Å². The molecule has 4 aromatic carbocycles. The molecule has 0 unspecified atom stereocenters.